The highest BCUT2D eigenvalue weighted by atomic mass is 16.5. The molecule has 10 nitrogen and oxygen atoms in total. The van der Waals surface area contributed by atoms with Crippen LogP contribution in [-0.2, 0) is 10.2 Å². The molecule has 1 aliphatic carbocycles. The maximum Gasteiger partial charge on any atom is 0.316 e. The molecule has 1 unspecified atom stereocenters. The second-order valence-corrected chi connectivity index (χ2v) is 12.9. The summed E-state index contributed by atoms with van der Waals surface area (Å²) in [6, 6.07) is 4.54. The van der Waals surface area contributed by atoms with E-state index in [0.29, 0.717) is 24.4 Å². The van der Waals surface area contributed by atoms with Gasteiger partial charge in [-0.1, -0.05) is 47.6 Å². The van der Waals surface area contributed by atoms with Crippen molar-refractivity contribution in [3.63, 3.8) is 0 Å². The van der Waals surface area contributed by atoms with E-state index >= 15 is 0 Å². The van der Waals surface area contributed by atoms with Gasteiger partial charge in [0.1, 0.15) is 5.82 Å². The van der Waals surface area contributed by atoms with Gasteiger partial charge in [-0.25, -0.2) is 15.0 Å². The van der Waals surface area contributed by atoms with E-state index in [0.717, 1.165) is 66.9 Å². The van der Waals surface area contributed by atoms with E-state index in [9.17, 15) is 4.79 Å². The Bertz CT molecular complexity index is 1310. The Kier molecular flexibility index (Phi) is 10.9. The Morgan fingerprint density at radius 1 is 0.977 bits per heavy atom. The van der Waals surface area contributed by atoms with Gasteiger partial charge in [0.2, 0.25) is 11.9 Å². The maximum atomic E-state index is 13.6. The van der Waals surface area contributed by atoms with Crippen molar-refractivity contribution in [2.24, 2.45) is 11.8 Å². The van der Waals surface area contributed by atoms with Gasteiger partial charge < -0.3 is 20.7 Å². The van der Waals surface area contributed by atoms with E-state index in [1.165, 1.54) is 0 Å². The first kappa shape index (κ1) is 32.1. The SMILES string of the molecule is CCCNc1nc(NC2CCC(C(C(=O)NCC(C)C)c3ccc(-c4cnc(OC)nc4)cn3)CC2)ncc1C(C)(C)C. The van der Waals surface area contributed by atoms with Gasteiger partial charge in [-0.2, -0.15) is 4.98 Å². The van der Waals surface area contributed by atoms with Crippen molar-refractivity contribution in [3.05, 3.63) is 48.2 Å². The number of pyridine rings is 1. The monoisotopic (exact) mass is 588 g/mol. The normalized spacial score (nSPS) is 17.8. The number of anilines is 2. The van der Waals surface area contributed by atoms with Crippen molar-refractivity contribution in [1.82, 2.24) is 30.2 Å². The summed E-state index contributed by atoms with van der Waals surface area (Å²) in [6.07, 6.45) is 11.9. The summed E-state index contributed by atoms with van der Waals surface area (Å²) in [5, 5.41) is 10.2. The van der Waals surface area contributed by atoms with Gasteiger partial charge in [0.05, 0.1) is 18.7 Å². The van der Waals surface area contributed by atoms with Crippen LogP contribution < -0.4 is 20.7 Å². The van der Waals surface area contributed by atoms with E-state index in [2.05, 4.69) is 72.4 Å². The number of nitrogens with zero attached hydrogens (tertiary/aromatic N) is 5. The van der Waals surface area contributed by atoms with Crippen molar-refractivity contribution in [3.8, 4) is 17.1 Å². The average Bonchev–Trinajstić information content (AvgIpc) is 3.00. The third-order valence-electron chi connectivity index (χ3n) is 7.93. The lowest BCUT2D eigenvalue weighted by Gasteiger charge is -2.33. The maximum absolute atomic E-state index is 13.6. The van der Waals surface area contributed by atoms with Crippen LogP contribution in [0.4, 0.5) is 11.8 Å². The van der Waals surface area contributed by atoms with Gasteiger partial charge in [0.25, 0.3) is 0 Å². The molecule has 0 aliphatic heterocycles. The number of ether oxygens (including phenoxy) is 1. The molecule has 1 aliphatic rings. The molecular weight excluding hydrogens is 540 g/mol. The third-order valence-corrected chi connectivity index (χ3v) is 7.93. The Balaban J connectivity index is 1.46. The van der Waals surface area contributed by atoms with Gasteiger partial charge >= 0.3 is 6.01 Å². The van der Waals surface area contributed by atoms with Crippen molar-refractivity contribution in [2.75, 3.05) is 30.8 Å². The van der Waals surface area contributed by atoms with Gasteiger partial charge in [0, 0.05) is 60.6 Å². The Morgan fingerprint density at radius 3 is 2.26 bits per heavy atom. The van der Waals surface area contributed by atoms with Crippen LogP contribution in [0, 0.1) is 11.8 Å². The summed E-state index contributed by atoms with van der Waals surface area (Å²) in [7, 11) is 1.54. The number of aromatic nitrogens is 5. The van der Waals surface area contributed by atoms with Gasteiger partial charge in [0.15, 0.2) is 0 Å². The predicted molar refractivity (Wildman–Crippen MR) is 171 cm³/mol. The topological polar surface area (TPSA) is 127 Å². The van der Waals surface area contributed by atoms with Gasteiger partial charge in [-0.05, 0) is 55.4 Å². The fourth-order valence-corrected chi connectivity index (χ4v) is 5.49. The molecule has 0 bridgehead atoms. The largest absolute Gasteiger partial charge is 0.467 e. The average molecular weight is 589 g/mol. The lowest BCUT2D eigenvalue weighted by atomic mass is 9.76. The summed E-state index contributed by atoms with van der Waals surface area (Å²) < 4.78 is 5.07. The number of hydrogen-bond donors (Lipinski definition) is 3. The van der Waals surface area contributed by atoms with E-state index in [-0.39, 0.29) is 29.2 Å². The van der Waals surface area contributed by atoms with E-state index in [4.69, 9.17) is 14.7 Å². The molecule has 4 rings (SSSR count). The standard InChI is InChI=1S/C33H48N8O2/c1-8-15-34-29-26(33(4,5)6)20-37-31(41-29)40-25-12-9-22(10-13-25)28(30(42)36-16-21(2)3)27-14-11-23(17-35-27)24-18-38-32(43-7)39-19-24/h11,14,17-22,25,28H,8-10,12-13,15-16H2,1-7H3,(H,36,42)(H2,34,37,40,41). The molecule has 1 amide bonds. The Hall–Kier alpha value is -3.82. The molecule has 1 atom stereocenters. The zero-order valence-electron chi connectivity index (χ0n) is 26.8. The fraction of sp³-hybridized carbons (Fsp3) is 0.576. The molecule has 1 saturated carbocycles. The van der Waals surface area contributed by atoms with Crippen LogP contribution in [0.15, 0.2) is 36.9 Å². The molecule has 43 heavy (non-hydrogen) atoms. The van der Waals surface area contributed by atoms with Crippen LogP contribution in [0.1, 0.15) is 90.8 Å². The molecule has 0 spiro atoms. The number of amides is 1. The summed E-state index contributed by atoms with van der Waals surface area (Å²) in [6.45, 7) is 14.4. The van der Waals surface area contributed by atoms with Crippen LogP contribution >= 0.6 is 0 Å². The number of carbonyl (C=O) groups excluding carboxylic acids is 1. The highest BCUT2D eigenvalue weighted by Gasteiger charge is 2.34. The van der Waals surface area contributed by atoms with Crippen LogP contribution in [0.5, 0.6) is 6.01 Å². The number of rotatable bonds is 12. The number of carbonyl (C=O) groups is 1. The van der Waals surface area contributed by atoms with Crippen molar-refractivity contribution in [1.29, 1.82) is 0 Å². The second kappa shape index (κ2) is 14.6. The molecule has 3 N–H and O–H groups in total. The third kappa shape index (κ3) is 8.61. The molecule has 232 valence electrons. The minimum Gasteiger partial charge on any atom is -0.467 e. The number of nitrogens with one attached hydrogen (secondary N) is 3. The molecule has 1 fully saturated rings. The van der Waals surface area contributed by atoms with Gasteiger partial charge in [-0.15, -0.1) is 0 Å². The lowest BCUT2D eigenvalue weighted by Crippen LogP contribution is -2.38. The molecule has 0 aromatic carbocycles. The summed E-state index contributed by atoms with van der Waals surface area (Å²) in [4.78, 5) is 36.3. The molecule has 0 radical (unpaired) electrons. The first-order valence-electron chi connectivity index (χ1n) is 15.6. The molecule has 0 saturated heterocycles. The smallest absolute Gasteiger partial charge is 0.316 e. The van der Waals surface area contributed by atoms with Gasteiger partial charge in [-0.3, -0.25) is 9.78 Å². The zero-order chi connectivity index (χ0) is 31.0. The Labute approximate surface area is 256 Å². The first-order chi connectivity index (χ1) is 20.6. The quantitative estimate of drug-likeness (QED) is 0.234. The van der Waals surface area contributed by atoms with Crippen molar-refractivity contribution < 1.29 is 9.53 Å². The minimum atomic E-state index is -0.312. The molecule has 3 aromatic rings. The van der Waals surface area contributed by atoms with Crippen LogP contribution in [0.25, 0.3) is 11.1 Å². The van der Waals surface area contributed by atoms with Crippen molar-refractivity contribution in [2.45, 2.75) is 91.0 Å². The zero-order valence-corrected chi connectivity index (χ0v) is 26.8. The number of hydrogen-bond acceptors (Lipinski definition) is 9. The molecule has 3 aromatic heterocycles. The van der Waals surface area contributed by atoms with E-state index < -0.39 is 0 Å². The van der Waals surface area contributed by atoms with Crippen molar-refractivity contribution >= 4 is 17.7 Å². The second-order valence-electron chi connectivity index (χ2n) is 12.9. The molecule has 10 heteroatoms. The summed E-state index contributed by atoms with van der Waals surface area (Å²) in [5.74, 6) is 1.85. The summed E-state index contributed by atoms with van der Waals surface area (Å²) >= 11 is 0. The summed E-state index contributed by atoms with van der Waals surface area (Å²) in [5.41, 5.74) is 3.60. The Morgan fingerprint density at radius 2 is 1.67 bits per heavy atom. The lowest BCUT2D eigenvalue weighted by molar-refractivity contribution is -0.124. The highest BCUT2D eigenvalue weighted by molar-refractivity contribution is 5.83. The predicted octanol–water partition coefficient (Wildman–Crippen LogP) is 5.98. The highest BCUT2D eigenvalue weighted by Crippen LogP contribution is 2.37. The van der Waals surface area contributed by atoms with E-state index in [1.54, 1.807) is 25.7 Å². The minimum absolute atomic E-state index is 0.0471. The first-order valence-corrected chi connectivity index (χ1v) is 15.6. The van der Waals surface area contributed by atoms with Crippen LogP contribution in [0.3, 0.4) is 0 Å². The number of methoxy groups -OCH3 is 1. The fourth-order valence-electron chi connectivity index (χ4n) is 5.49. The van der Waals surface area contributed by atoms with E-state index in [1.807, 2.05) is 18.3 Å². The van der Waals surface area contributed by atoms with Crippen LogP contribution in [0.2, 0.25) is 0 Å². The molecular formula is C33H48N8O2. The molecule has 3 heterocycles. The van der Waals surface area contributed by atoms with Crippen LogP contribution in [-0.4, -0.2) is 57.1 Å².